The van der Waals surface area contributed by atoms with Crippen molar-refractivity contribution in [1.82, 2.24) is 0 Å². The summed E-state index contributed by atoms with van der Waals surface area (Å²) in [6.07, 6.45) is -0.255. The lowest BCUT2D eigenvalue weighted by atomic mass is 9.85. The molecule has 0 radical (unpaired) electrons. The number of rotatable bonds is 8. The molecular formula is C28H26O9. The zero-order chi connectivity index (χ0) is 26.7. The van der Waals surface area contributed by atoms with Crippen LogP contribution in [0.4, 0.5) is 0 Å². The summed E-state index contributed by atoms with van der Waals surface area (Å²) < 4.78 is 27.5. The molecule has 9 nitrogen and oxygen atoms in total. The Bertz CT molecular complexity index is 1510. The molecule has 3 aromatic carbocycles. The molecule has 4 aromatic rings. The topological polar surface area (TPSA) is 125 Å². The minimum absolute atomic E-state index is 0.0744. The van der Waals surface area contributed by atoms with E-state index in [2.05, 4.69) is 0 Å². The van der Waals surface area contributed by atoms with Gasteiger partial charge < -0.3 is 33.6 Å². The maximum atomic E-state index is 13.1. The molecule has 9 heteroatoms. The van der Waals surface area contributed by atoms with Crippen LogP contribution in [0.5, 0.6) is 28.7 Å². The highest BCUT2D eigenvalue weighted by molar-refractivity contribution is 5.91. The molecule has 37 heavy (non-hydrogen) atoms. The van der Waals surface area contributed by atoms with Gasteiger partial charge in [-0.25, -0.2) is 0 Å². The van der Waals surface area contributed by atoms with Crippen molar-refractivity contribution < 1.29 is 38.4 Å². The standard InChI is InChI=1S/C28H26O9/c1-33-22-14-24(35-3)23(34-2)10-16(22)17(11-25(32)36-4)26-18(29)12-19(30)27-20(31)13-21(37-28(26)27)15-8-6-5-7-9-15/h5-10,12-14,17,29-30H,11H2,1-4H3/t17-/m0/s1. The zero-order valence-corrected chi connectivity index (χ0v) is 20.7. The van der Waals surface area contributed by atoms with Crippen molar-refractivity contribution in [3.8, 4) is 40.1 Å². The van der Waals surface area contributed by atoms with E-state index >= 15 is 0 Å². The van der Waals surface area contributed by atoms with Crippen LogP contribution >= 0.6 is 0 Å². The highest BCUT2D eigenvalue weighted by Gasteiger charge is 2.31. The molecule has 2 N–H and O–H groups in total. The van der Waals surface area contributed by atoms with Crippen LogP contribution in [0.1, 0.15) is 23.5 Å². The van der Waals surface area contributed by atoms with Crippen LogP contribution < -0.4 is 19.6 Å². The van der Waals surface area contributed by atoms with Gasteiger partial charge in [0.05, 0.1) is 34.9 Å². The summed E-state index contributed by atoms with van der Waals surface area (Å²) in [5.41, 5.74) is 0.548. The molecule has 0 fully saturated rings. The van der Waals surface area contributed by atoms with Crippen LogP contribution in [0.25, 0.3) is 22.3 Å². The molecule has 0 spiro atoms. The van der Waals surface area contributed by atoms with Crippen molar-refractivity contribution in [1.29, 1.82) is 0 Å². The number of fused-ring (bicyclic) bond motifs is 1. The molecule has 1 aromatic heterocycles. The number of phenolic OH excluding ortho intramolecular Hbond substituents is 2. The van der Waals surface area contributed by atoms with Crippen molar-refractivity contribution in [3.05, 3.63) is 75.9 Å². The number of hydrogen-bond acceptors (Lipinski definition) is 9. The first kappa shape index (κ1) is 25.4. The number of hydrogen-bond donors (Lipinski definition) is 2. The fourth-order valence-corrected chi connectivity index (χ4v) is 4.35. The maximum Gasteiger partial charge on any atom is 0.306 e. The normalized spacial score (nSPS) is 11.7. The van der Waals surface area contributed by atoms with Gasteiger partial charge in [0.15, 0.2) is 16.9 Å². The van der Waals surface area contributed by atoms with E-state index in [9.17, 15) is 19.8 Å². The van der Waals surface area contributed by atoms with Crippen LogP contribution in [0, 0.1) is 0 Å². The second-order valence-corrected chi connectivity index (χ2v) is 8.16. The Morgan fingerprint density at radius 2 is 1.51 bits per heavy atom. The number of phenols is 2. The SMILES string of the molecule is COC(=O)C[C@@H](c1cc(OC)c(OC)cc1OC)c1c(O)cc(O)c2c(=O)cc(-c3ccccc3)oc12. The predicted molar refractivity (Wildman–Crippen MR) is 136 cm³/mol. The van der Waals surface area contributed by atoms with Gasteiger partial charge in [0, 0.05) is 40.8 Å². The average molecular weight is 507 g/mol. The Morgan fingerprint density at radius 3 is 2.14 bits per heavy atom. The van der Waals surface area contributed by atoms with E-state index in [0.29, 0.717) is 28.4 Å². The highest BCUT2D eigenvalue weighted by atomic mass is 16.5. The molecule has 0 saturated heterocycles. The molecule has 0 aliphatic heterocycles. The van der Waals surface area contributed by atoms with Crippen LogP contribution in [-0.2, 0) is 9.53 Å². The Morgan fingerprint density at radius 1 is 0.865 bits per heavy atom. The van der Waals surface area contributed by atoms with Gasteiger partial charge in [-0.15, -0.1) is 0 Å². The number of carbonyl (C=O) groups is 1. The van der Waals surface area contributed by atoms with Crippen molar-refractivity contribution in [2.75, 3.05) is 28.4 Å². The molecule has 1 heterocycles. The van der Waals surface area contributed by atoms with Crippen LogP contribution in [-0.4, -0.2) is 44.6 Å². The Balaban J connectivity index is 2.09. The van der Waals surface area contributed by atoms with Gasteiger partial charge >= 0.3 is 5.97 Å². The summed E-state index contributed by atoms with van der Waals surface area (Å²) in [6, 6.07) is 14.4. The summed E-state index contributed by atoms with van der Waals surface area (Å²) in [6.45, 7) is 0. The minimum atomic E-state index is -0.931. The van der Waals surface area contributed by atoms with Gasteiger partial charge in [0.2, 0.25) is 0 Å². The van der Waals surface area contributed by atoms with Gasteiger partial charge in [-0.3, -0.25) is 9.59 Å². The van der Waals surface area contributed by atoms with E-state index in [-0.39, 0.29) is 34.5 Å². The van der Waals surface area contributed by atoms with Gasteiger partial charge in [-0.1, -0.05) is 30.3 Å². The molecule has 0 aliphatic carbocycles. The van der Waals surface area contributed by atoms with E-state index in [1.165, 1.54) is 34.5 Å². The van der Waals surface area contributed by atoms with Crippen LogP contribution in [0.2, 0.25) is 0 Å². The quantitative estimate of drug-likeness (QED) is 0.330. The molecule has 4 rings (SSSR count). The van der Waals surface area contributed by atoms with Crippen molar-refractivity contribution in [2.24, 2.45) is 0 Å². The Kier molecular flexibility index (Phi) is 7.24. The molecule has 0 aliphatic rings. The third kappa shape index (κ3) is 4.75. The third-order valence-electron chi connectivity index (χ3n) is 6.11. The van der Waals surface area contributed by atoms with E-state index < -0.39 is 23.1 Å². The molecule has 0 bridgehead atoms. The number of ether oxygens (including phenoxy) is 4. The monoisotopic (exact) mass is 506 g/mol. The lowest BCUT2D eigenvalue weighted by Gasteiger charge is -2.23. The summed E-state index contributed by atoms with van der Waals surface area (Å²) >= 11 is 0. The van der Waals surface area contributed by atoms with Crippen molar-refractivity contribution in [2.45, 2.75) is 12.3 Å². The molecule has 0 unspecified atom stereocenters. The summed E-state index contributed by atoms with van der Waals surface area (Å²) in [5.74, 6) is -1.08. The van der Waals surface area contributed by atoms with Crippen molar-refractivity contribution >= 4 is 16.9 Å². The summed E-state index contributed by atoms with van der Waals surface area (Å²) in [5, 5.41) is 21.5. The number of benzene rings is 3. The second-order valence-electron chi connectivity index (χ2n) is 8.16. The number of carbonyl (C=O) groups excluding carboxylic acids is 1. The average Bonchev–Trinajstić information content (AvgIpc) is 2.91. The lowest BCUT2D eigenvalue weighted by molar-refractivity contribution is -0.140. The summed E-state index contributed by atoms with van der Waals surface area (Å²) in [4.78, 5) is 25.7. The van der Waals surface area contributed by atoms with E-state index in [4.69, 9.17) is 23.4 Å². The first-order chi connectivity index (χ1) is 17.8. The Labute approximate surface area is 212 Å². The number of aromatic hydroxyl groups is 2. The van der Waals surface area contributed by atoms with E-state index in [1.54, 1.807) is 36.4 Å². The largest absolute Gasteiger partial charge is 0.507 e. The zero-order valence-electron chi connectivity index (χ0n) is 20.7. The second kappa shape index (κ2) is 10.5. The fraction of sp³-hybridized carbons (Fsp3) is 0.214. The number of esters is 1. The maximum absolute atomic E-state index is 13.1. The Hall–Kier alpha value is -4.66. The smallest absolute Gasteiger partial charge is 0.306 e. The summed E-state index contributed by atoms with van der Waals surface area (Å²) in [7, 11) is 5.63. The van der Waals surface area contributed by atoms with Gasteiger partial charge in [-0.2, -0.15) is 0 Å². The number of methoxy groups -OCH3 is 4. The van der Waals surface area contributed by atoms with Crippen LogP contribution in [0.3, 0.4) is 0 Å². The van der Waals surface area contributed by atoms with Gasteiger partial charge in [0.25, 0.3) is 0 Å². The molecule has 192 valence electrons. The molecular weight excluding hydrogens is 480 g/mol. The first-order valence-corrected chi connectivity index (χ1v) is 11.3. The van der Waals surface area contributed by atoms with Gasteiger partial charge in [0.1, 0.15) is 34.0 Å². The van der Waals surface area contributed by atoms with Crippen molar-refractivity contribution in [3.63, 3.8) is 0 Å². The lowest BCUT2D eigenvalue weighted by Crippen LogP contribution is -2.13. The van der Waals surface area contributed by atoms with E-state index in [0.717, 1.165) is 6.07 Å². The third-order valence-corrected chi connectivity index (χ3v) is 6.11. The molecule has 0 saturated carbocycles. The molecule has 1 atom stereocenters. The highest BCUT2D eigenvalue weighted by Crippen LogP contribution is 2.47. The van der Waals surface area contributed by atoms with Crippen LogP contribution in [0.15, 0.2) is 63.8 Å². The van der Waals surface area contributed by atoms with Gasteiger partial charge in [-0.05, 0) is 6.07 Å². The fourth-order valence-electron chi connectivity index (χ4n) is 4.35. The minimum Gasteiger partial charge on any atom is -0.507 e. The van der Waals surface area contributed by atoms with E-state index in [1.807, 2.05) is 6.07 Å². The molecule has 0 amide bonds. The first-order valence-electron chi connectivity index (χ1n) is 11.3. The predicted octanol–water partition coefficient (Wildman–Crippen LogP) is 4.59.